The number of hydrogen-bond acceptors (Lipinski definition) is 4. The average molecular weight is 380 g/mol. The summed E-state index contributed by atoms with van der Waals surface area (Å²) in [7, 11) is -3.47. The Hall–Kier alpha value is -1.44. The zero-order valence-corrected chi connectivity index (χ0v) is 16.4. The van der Waals surface area contributed by atoms with Crippen LogP contribution in [0.25, 0.3) is 0 Å². The van der Waals surface area contributed by atoms with Gasteiger partial charge in [-0.3, -0.25) is 4.79 Å². The van der Waals surface area contributed by atoms with E-state index in [2.05, 4.69) is 17.6 Å². The van der Waals surface area contributed by atoms with Crippen LogP contribution in [-0.2, 0) is 14.8 Å². The van der Waals surface area contributed by atoms with Crippen molar-refractivity contribution in [3.63, 3.8) is 0 Å². The molecule has 2 heterocycles. The summed E-state index contributed by atoms with van der Waals surface area (Å²) in [5, 5.41) is 6.48. The van der Waals surface area contributed by atoms with Gasteiger partial charge in [0.2, 0.25) is 15.9 Å². The Balaban J connectivity index is 1.56. The lowest BCUT2D eigenvalue weighted by atomic mass is 9.92. The zero-order chi connectivity index (χ0) is 18.7. The predicted molar refractivity (Wildman–Crippen MR) is 101 cm³/mol. The maximum atomic E-state index is 12.8. The van der Waals surface area contributed by atoms with Crippen LogP contribution in [0.1, 0.15) is 31.7 Å². The second kappa shape index (κ2) is 8.06. The lowest BCUT2D eigenvalue weighted by Crippen LogP contribution is -2.52. The molecule has 2 aliphatic rings. The van der Waals surface area contributed by atoms with Crippen LogP contribution in [0.2, 0.25) is 0 Å². The highest BCUT2D eigenvalue weighted by molar-refractivity contribution is 7.89. The van der Waals surface area contributed by atoms with Crippen molar-refractivity contribution < 1.29 is 13.2 Å². The number of nitrogens with zero attached hydrogens (tertiary/aromatic N) is 1. The van der Waals surface area contributed by atoms with E-state index < -0.39 is 10.0 Å². The third-order valence-electron chi connectivity index (χ3n) is 5.64. The highest BCUT2D eigenvalue weighted by Gasteiger charge is 2.33. The molecular weight excluding hydrogens is 350 g/mol. The monoisotopic (exact) mass is 379 g/mol. The first-order valence-electron chi connectivity index (χ1n) is 9.46. The number of hydrogen-bond donors (Lipinski definition) is 2. The van der Waals surface area contributed by atoms with E-state index in [9.17, 15) is 13.2 Å². The molecule has 1 aromatic rings. The number of piperidine rings is 2. The number of amides is 1. The average Bonchev–Trinajstić information content (AvgIpc) is 2.64. The zero-order valence-electron chi connectivity index (χ0n) is 15.6. The quantitative estimate of drug-likeness (QED) is 0.831. The molecule has 1 aromatic carbocycles. The summed E-state index contributed by atoms with van der Waals surface area (Å²) >= 11 is 0. The first kappa shape index (κ1) is 19.3. The molecule has 7 heteroatoms. The van der Waals surface area contributed by atoms with Gasteiger partial charge in [0.25, 0.3) is 0 Å². The fourth-order valence-electron chi connectivity index (χ4n) is 3.70. The Morgan fingerprint density at radius 1 is 1.15 bits per heavy atom. The number of aryl methyl sites for hydroxylation is 1. The Morgan fingerprint density at radius 3 is 2.42 bits per heavy atom. The molecule has 2 unspecified atom stereocenters. The molecule has 2 aliphatic heterocycles. The van der Waals surface area contributed by atoms with E-state index in [0.29, 0.717) is 36.7 Å². The molecule has 0 spiro atoms. The molecule has 0 bridgehead atoms. The predicted octanol–water partition coefficient (Wildman–Crippen LogP) is 1.51. The first-order valence-corrected chi connectivity index (χ1v) is 10.9. The Bertz CT molecular complexity index is 725. The summed E-state index contributed by atoms with van der Waals surface area (Å²) in [5.41, 5.74) is 1.03. The molecule has 26 heavy (non-hydrogen) atoms. The highest BCUT2D eigenvalue weighted by Crippen LogP contribution is 2.24. The SMILES string of the molecule is Cc1ccc(S(=O)(=O)N2CCC(C(=O)NC3CNCCC3C)CC2)cc1. The number of rotatable bonds is 4. The molecule has 1 amide bonds. The molecule has 0 radical (unpaired) electrons. The van der Waals surface area contributed by atoms with Crippen LogP contribution in [0.5, 0.6) is 0 Å². The smallest absolute Gasteiger partial charge is 0.243 e. The van der Waals surface area contributed by atoms with Gasteiger partial charge in [-0.1, -0.05) is 24.6 Å². The molecule has 0 aliphatic carbocycles. The molecule has 0 saturated carbocycles. The van der Waals surface area contributed by atoms with Gasteiger partial charge >= 0.3 is 0 Å². The van der Waals surface area contributed by atoms with Crippen molar-refractivity contribution in [2.75, 3.05) is 26.2 Å². The van der Waals surface area contributed by atoms with Crippen molar-refractivity contribution >= 4 is 15.9 Å². The first-order chi connectivity index (χ1) is 12.4. The summed E-state index contributed by atoms with van der Waals surface area (Å²) < 4.78 is 27.0. The van der Waals surface area contributed by atoms with E-state index >= 15 is 0 Å². The van der Waals surface area contributed by atoms with Crippen molar-refractivity contribution in [1.29, 1.82) is 0 Å². The lowest BCUT2D eigenvalue weighted by Gasteiger charge is -2.34. The highest BCUT2D eigenvalue weighted by atomic mass is 32.2. The van der Waals surface area contributed by atoms with Crippen LogP contribution in [0.3, 0.4) is 0 Å². The maximum Gasteiger partial charge on any atom is 0.243 e. The van der Waals surface area contributed by atoms with E-state index in [1.807, 2.05) is 19.1 Å². The minimum atomic E-state index is -3.47. The van der Waals surface area contributed by atoms with E-state index in [0.717, 1.165) is 25.1 Å². The lowest BCUT2D eigenvalue weighted by molar-refractivity contribution is -0.127. The van der Waals surface area contributed by atoms with Gasteiger partial charge in [0, 0.05) is 31.6 Å². The van der Waals surface area contributed by atoms with Crippen LogP contribution in [-0.4, -0.2) is 50.9 Å². The Kier molecular flexibility index (Phi) is 5.99. The molecule has 2 atom stereocenters. The molecular formula is C19H29N3O3S. The number of sulfonamides is 1. The number of nitrogens with one attached hydrogen (secondary N) is 2. The maximum absolute atomic E-state index is 12.8. The van der Waals surface area contributed by atoms with E-state index in [-0.39, 0.29) is 17.9 Å². The number of carbonyl (C=O) groups is 1. The summed E-state index contributed by atoms with van der Waals surface area (Å²) in [6.45, 7) is 6.71. The van der Waals surface area contributed by atoms with E-state index in [1.165, 1.54) is 4.31 Å². The fraction of sp³-hybridized carbons (Fsp3) is 0.632. The molecule has 2 fully saturated rings. The number of benzene rings is 1. The van der Waals surface area contributed by atoms with Gasteiger partial charge < -0.3 is 10.6 Å². The molecule has 144 valence electrons. The van der Waals surface area contributed by atoms with E-state index in [4.69, 9.17) is 0 Å². The molecule has 0 aromatic heterocycles. The van der Waals surface area contributed by atoms with Gasteiger partial charge in [-0.05, 0) is 50.8 Å². The molecule has 3 rings (SSSR count). The van der Waals surface area contributed by atoms with Gasteiger partial charge in [-0.25, -0.2) is 8.42 Å². The molecule has 6 nitrogen and oxygen atoms in total. The van der Waals surface area contributed by atoms with Crippen molar-refractivity contribution in [3.05, 3.63) is 29.8 Å². The van der Waals surface area contributed by atoms with Gasteiger partial charge in [-0.2, -0.15) is 4.31 Å². The minimum Gasteiger partial charge on any atom is -0.352 e. The third-order valence-corrected chi connectivity index (χ3v) is 7.55. The van der Waals surface area contributed by atoms with E-state index in [1.54, 1.807) is 12.1 Å². The largest absolute Gasteiger partial charge is 0.352 e. The standard InChI is InChI=1S/C19H29N3O3S/c1-14-3-5-17(6-4-14)26(24,25)22-11-8-16(9-12-22)19(23)21-18-13-20-10-7-15(18)2/h3-6,15-16,18,20H,7-13H2,1-2H3,(H,21,23). The van der Waals surface area contributed by atoms with Crippen molar-refractivity contribution in [3.8, 4) is 0 Å². The van der Waals surface area contributed by atoms with Crippen LogP contribution in [0, 0.1) is 18.8 Å². The van der Waals surface area contributed by atoms with Gasteiger partial charge in [0.1, 0.15) is 0 Å². The van der Waals surface area contributed by atoms with Crippen molar-refractivity contribution in [1.82, 2.24) is 14.9 Å². The minimum absolute atomic E-state index is 0.0675. The molecule has 2 saturated heterocycles. The topological polar surface area (TPSA) is 78.5 Å². The summed E-state index contributed by atoms with van der Waals surface area (Å²) in [6.07, 6.45) is 2.22. The summed E-state index contributed by atoms with van der Waals surface area (Å²) in [6, 6.07) is 7.10. The van der Waals surface area contributed by atoms with Gasteiger partial charge in [0.05, 0.1) is 4.90 Å². The van der Waals surface area contributed by atoms with Crippen LogP contribution >= 0.6 is 0 Å². The second-order valence-corrected chi connectivity index (χ2v) is 9.51. The molecule has 2 N–H and O–H groups in total. The normalized spacial score (nSPS) is 25.8. The summed E-state index contributed by atoms with van der Waals surface area (Å²) in [5.74, 6) is 0.439. The van der Waals surface area contributed by atoms with Gasteiger partial charge in [0.15, 0.2) is 0 Å². The van der Waals surface area contributed by atoms with Crippen LogP contribution in [0.15, 0.2) is 29.2 Å². The van der Waals surface area contributed by atoms with Crippen molar-refractivity contribution in [2.45, 2.75) is 44.0 Å². The van der Waals surface area contributed by atoms with Gasteiger partial charge in [-0.15, -0.1) is 0 Å². The third kappa shape index (κ3) is 4.27. The van der Waals surface area contributed by atoms with Crippen LogP contribution in [0.4, 0.5) is 0 Å². The van der Waals surface area contributed by atoms with Crippen molar-refractivity contribution in [2.24, 2.45) is 11.8 Å². The number of carbonyl (C=O) groups excluding carboxylic acids is 1. The Labute approximate surface area is 156 Å². The Morgan fingerprint density at radius 2 is 1.81 bits per heavy atom. The fourth-order valence-corrected chi connectivity index (χ4v) is 5.17. The van der Waals surface area contributed by atoms with Crippen LogP contribution < -0.4 is 10.6 Å². The second-order valence-electron chi connectivity index (χ2n) is 7.58. The summed E-state index contributed by atoms with van der Waals surface area (Å²) in [4.78, 5) is 12.9.